The van der Waals surface area contributed by atoms with Crippen molar-refractivity contribution in [2.45, 2.75) is 90.0 Å². The smallest absolute Gasteiger partial charge is 0.356 e. The highest BCUT2D eigenvalue weighted by Gasteiger charge is 2.37. The van der Waals surface area contributed by atoms with Crippen molar-refractivity contribution in [1.82, 2.24) is 19.7 Å². The average molecular weight is 613 g/mol. The van der Waals surface area contributed by atoms with E-state index in [4.69, 9.17) is 9.72 Å². The predicted molar refractivity (Wildman–Crippen MR) is 168 cm³/mol. The molecule has 45 heavy (non-hydrogen) atoms. The Bertz CT molecular complexity index is 1750. The van der Waals surface area contributed by atoms with Crippen molar-refractivity contribution >= 4 is 5.97 Å². The molecule has 234 valence electrons. The maximum absolute atomic E-state index is 13.7. The molecular formula is C36H38F2N4O3. The van der Waals surface area contributed by atoms with Crippen LogP contribution in [0.3, 0.4) is 0 Å². The minimum absolute atomic E-state index is 0.00547. The molecule has 3 heterocycles. The lowest BCUT2D eigenvalue weighted by Crippen LogP contribution is -2.43. The molecule has 2 aromatic heterocycles. The lowest BCUT2D eigenvalue weighted by molar-refractivity contribution is -0.0552. The van der Waals surface area contributed by atoms with Crippen LogP contribution in [0.1, 0.15) is 82.9 Å². The fourth-order valence-corrected chi connectivity index (χ4v) is 6.95. The molecule has 7 nitrogen and oxygen atoms in total. The number of benzene rings is 2. The number of para-hydroxylation sites is 1. The number of hydrogen-bond acceptors (Lipinski definition) is 5. The van der Waals surface area contributed by atoms with Crippen LogP contribution in [0.2, 0.25) is 0 Å². The van der Waals surface area contributed by atoms with E-state index in [-0.39, 0.29) is 30.6 Å². The first-order chi connectivity index (χ1) is 21.7. The Hall–Kier alpha value is -4.11. The fourth-order valence-electron chi connectivity index (χ4n) is 6.95. The maximum atomic E-state index is 13.7. The molecule has 0 radical (unpaired) electrons. The Morgan fingerprint density at radius 2 is 1.73 bits per heavy atom. The summed E-state index contributed by atoms with van der Waals surface area (Å²) >= 11 is 0. The lowest BCUT2D eigenvalue weighted by Gasteiger charge is -2.39. The number of aromatic carboxylic acids is 1. The molecule has 3 aliphatic rings. The highest BCUT2D eigenvalue weighted by Crippen LogP contribution is 2.41. The summed E-state index contributed by atoms with van der Waals surface area (Å²) in [7, 11) is 0. The van der Waals surface area contributed by atoms with Crippen LogP contribution >= 0.6 is 0 Å². The summed E-state index contributed by atoms with van der Waals surface area (Å²) in [5.74, 6) is -2.77. The van der Waals surface area contributed by atoms with Gasteiger partial charge in [-0.15, -0.1) is 0 Å². The number of nitrogens with zero attached hydrogens (tertiary/aromatic N) is 4. The molecule has 2 saturated carbocycles. The molecule has 0 saturated heterocycles. The van der Waals surface area contributed by atoms with Gasteiger partial charge in [-0.2, -0.15) is 5.10 Å². The third kappa shape index (κ3) is 5.98. The molecular weight excluding hydrogens is 574 g/mol. The SMILES string of the molecule is Cc1cccc(-c2cccc(-c3c(C)c(C(=O)O)nn3C3CC3)n2)c1OCc1ccc2c(c1)CCN(C1CCC(F)(F)CC1)C2. The predicted octanol–water partition coefficient (Wildman–Crippen LogP) is 7.78. The van der Waals surface area contributed by atoms with Gasteiger partial charge in [0.1, 0.15) is 12.4 Å². The number of rotatable bonds is 8. The van der Waals surface area contributed by atoms with Crippen molar-refractivity contribution in [1.29, 1.82) is 0 Å². The van der Waals surface area contributed by atoms with Gasteiger partial charge in [-0.05, 0) is 86.4 Å². The number of carboxylic acids is 1. The number of carbonyl (C=O) groups is 1. The molecule has 0 spiro atoms. The third-order valence-corrected chi connectivity index (χ3v) is 9.62. The van der Waals surface area contributed by atoms with Gasteiger partial charge in [0.2, 0.25) is 5.92 Å². The number of fused-ring (bicyclic) bond motifs is 1. The maximum Gasteiger partial charge on any atom is 0.356 e. The van der Waals surface area contributed by atoms with Gasteiger partial charge in [0, 0.05) is 43.1 Å². The number of alkyl halides is 2. The molecule has 0 unspecified atom stereocenters. The summed E-state index contributed by atoms with van der Waals surface area (Å²) in [6.07, 6.45) is 3.99. The zero-order valence-corrected chi connectivity index (χ0v) is 25.7. The molecule has 2 fully saturated rings. The molecule has 2 aliphatic carbocycles. The Labute approximate surface area is 261 Å². The number of hydrogen-bond donors (Lipinski definition) is 1. The van der Waals surface area contributed by atoms with Crippen molar-refractivity contribution in [3.8, 4) is 28.4 Å². The van der Waals surface area contributed by atoms with Gasteiger partial charge in [-0.25, -0.2) is 18.6 Å². The highest BCUT2D eigenvalue weighted by atomic mass is 19.3. The molecule has 0 bridgehead atoms. The van der Waals surface area contributed by atoms with Gasteiger partial charge in [0.15, 0.2) is 5.69 Å². The topological polar surface area (TPSA) is 80.5 Å². The van der Waals surface area contributed by atoms with Crippen LogP contribution in [0.25, 0.3) is 22.6 Å². The van der Waals surface area contributed by atoms with Gasteiger partial charge < -0.3 is 9.84 Å². The van der Waals surface area contributed by atoms with E-state index < -0.39 is 11.9 Å². The van der Waals surface area contributed by atoms with Crippen LogP contribution in [-0.4, -0.2) is 49.2 Å². The zero-order valence-electron chi connectivity index (χ0n) is 25.7. The van der Waals surface area contributed by atoms with Crippen LogP contribution in [0.5, 0.6) is 5.75 Å². The van der Waals surface area contributed by atoms with Gasteiger partial charge in [-0.3, -0.25) is 9.58 Å². The van der Waals surface area contributed by atoms with Crippen molar-refractivity contribution in [3.05, 3.63) is 88.1 Å². The van der Waals surface area contributed by atoms with Crippen molar-refractivity contribution in [2.75, 3.05) is 6.54 Å². The van der Waals surface area contributed by atoms with Crippen molar-refractivity contribution in [3.63, 3.8) is 0 Å². The molecule has 4 aromatic rings. The second-order valence-corrected chi connectivity index (χ2v) is 12.9. The van der Waals surface area contributed by atoms with Gasteiger partial charge >= 0.3 is 5.97 Å². The Kier molecular flexibility index (Phi) is 7.68. The minimum Gasteiger partial charge on any atom is -0.488 e. The fraction of sp³-hybridized carbons (Fsp3) is 0.417. The summed E-state index contributed by atoms with van der Waals surface area (Å²) in [5.41, 5.74) is 8.41. The number of aromatic nitrogens is 3. The Morgan fingerprint density at radius 1 is 0.978 bits per heavy atom. The first kappa shape index (κ1) is 29.6. The van der Waals surface area contributed by atoms with E-state index in [0.29, 0.717) is 30.7 Å². The van der Waals surface area contributed by atoms with E-state index in [1.807, 2.05) is 48.0 Å². The van der Waals surface area contributed by atoms with Crippen LogP contribution in [0.4, 0.5) is 8.78 Å². The van der Waals surface area contributed by atoms with E-state index in [1.165, 1.54) is 11.1 Å². The number of pyridine rings is 1. The first-order valence-electron chi connectivity index (χ1n) is 15.9. The van der Waals surface area contributed by atoms with Crippen LogP contribution < -0.4 is 4.74 Å². The number of ether oxygens (including phenoxy) is 1. The number of carboxylic acid groups (broad SMARTS) is 1. The van der Waals surface area contributed by atoms with Gasteiger partial charge in [-0.1, -0.05) is 36.4 Å². The minimum atomic E-state index is -2.50. The van der Waals surface area contributed by atoms with Crippen molar-refractivity contribution in [2.24, 2.45) is 0 Å². The molecule has 7 rings (SSSR count). The van der Waals surface area contributed by atoms with Crippen LogP contribution in [0, 0.1) is 13.8 Å². The normalized spacial score (nSPS) is 18.5. The first-order valence-corrected chi connectivity index (χ1v) is 15.9. The van der Waals surface area contributed by atoms with E-state index in [2.05, 4.69) is 28.2 Å². The lowest BCUT2D eigenvalue weighted by atomic mass is 9.89. The third-order valence-electron chi connectivity index (χ3n) is 9.62. The van der Waals surface area contributed by atoms with Crippen molar-refractivity contribution < 1.29 is 23.4 Å². The molecule has 0 amide bonds. The summed E-state index contributed by atoms with van der Waals surface area (Å²) in [4.78, 5) is 19.3. The average Bonchev–Trinajstić information content (AvgIpc) is 3.81. The zero-order chi connectivity index (χ0) is 31.3. The summed E-state index contributed by atoms with van der Waals surface area (Å²) in [6.45, 7) is 5.93. The second-order valence-electron chi connectivity index (χ2n) is 12.9. The number of halogens is 2. The monoisotopic (exact) mass is 612 g/mol. The molecule has 1 aliphatic heterocycles. The standard InChI is InChI=1S/C36H38F2N4O3/c1-22-5-3-6-29(30-7-4-8-31(39-30)33-23(2)32(35(43)44)40-42(33)28-11-12-28)34(22)45-21-24-9-10-26-20-41(18-15-25(26)19-24)27-13-16-36(37,38)17-14-27/h3-10,19,27-28H,11-18,20-21H2,1-2H3,(H,43,44). The summed E-state index contributed by atoms with van der Waals surface area (Å²) < 4.78 is 35.7. The second kappa shape index (κ2) is 11.7. The van der Waals surface area contributed by atoms with Crippen LogP contribution in [0.15, 0.2) is 54.6 Å². The quantitative estimate of drug-likeness (QED) is 0.219. The molecule has 0 atom stereocenters. The Morgan fingerprint density at radius 3 is 2.49 bits per heavy atom. The van der Waals surface area contributed by atoms with E-state index in [1.54, 1.807) is 6.92 Å². The molecule has 9 heteroatoms. The number of aryl methyl sites for hydroxylation is 1. The largest absolute Gasteiger partial charge is 0.488 e. The van der Waals surface area contributed by atoms with E-state index in [9.17, 15) is 18.7 Å². The van der Waals surface area contributed by atoms with E-state index in [0.717, 1.165) is 66.2 Å². The summed E-state index contributed by atoms with van der Waals surface area (Å²) in [6, 6.07) is 18.8. The van der Waals surface area contributed by atoms with Crippen LogP contribution in [-0.2, 0) is 19.6 Å². The van der Waals surface area contributed by atoms with Gasteiger partial charge in [0.25, 0.3) is 0 Å². The Balaban J connectivity index is 1.10. The molecule has 1 N–H and O–H groups in total. The summed E-state index contributed by atoms with van der Waals surface area (Å²) in [5, 5.41) is 14.1. The van der Waals surface area contributed by atoms with E-state index >= 15 is 0 Å². The highest BCUT2D eigenvalue weighted by molar-refractivity contribution is 5.89. The molecule has 2 aromatic carbocycles. The van der Waals surface area contributed by atoms with Gasteiger partial charge in [0.05, 0.1) is 23.1 Å².